The second-order valence-electron chi connectivity index (χ2n) is 8.62. The first-order valence-corrected chi connectivity index (χ1v) is 13.2. The fourth-order valence-corrected chi connectivity index (χ4v) is 5.09. The van der Waals surface area contributed by atoms with Crippen LogP contribution in [0.2, 0.25) is 0 Å². The van der Waals surface area contributed by atoms with Gasteiger partial charge in [0.15, 0.2) is 0 Å². The number of ether oxygens (including phenoxy) is 1. The van der Waals surface area contributed by atoms with E-state index >= 15 is 0 Å². The number of sulfonamides is 1. The Labute approximate surface area is 220 Å². The summed E-state index contributed by atoms with van der Waals surface area (Å²) >= 11 is 0. The van der Waals surface area contributed by atoms with Crippen molar-refractivity contribution in [2.24, 2.45) is 0 Å². The van der Waals surface area contributed by atoms with Crippen molar-refractivity contribution in [1.82, 2.24) is 14.5 Å². The Kier molecular flexibility index (Phi) is 11.1. The summed E-state index contributed by atoms with van der Waals surface area (Å²) in [7, 11) is -2.20. The molecule has 38 heavy (non-hydrogen) atoms. The molecule has 0 atom stereocenters. The summed E-state index contributed by atoms with van der Waals surface area (Å²) in [6.07, 6.45) is -4.94. The van der Waals surface area contributed by atoms with E-state index in [0.717, 1.165) is 29.8 Å². The van der Waals surface area contributed by atoms with E-state index in [1.165, 1.54) is 4.31 Å². The third-order valence-corrected chi connectivity index (χ3v) is 7.74. The van der Waals surface area contributed by atoms with Crippen molar-refractivity contribution in [2.75, 3.05) is 39.8 Å². The molecule has 210 valence electrons. The Hall–Kier alpha value is -3.16. The third-order valence-electron chi connectivity index (χ3n) is 5.90. The molecule has 3 rings (SSSR count). The molecule has 1 aliphatic heterocycles. The second-order valence-corrected chi connectivity index (χ2v) is 10.6. The molecule has 1 fully saturated rings. The minimum Gasteiger partial charge on any atom is -0.497 e. The number of aryl methyl sites for hydroxylation is 2. The first kappa shape index (κ1) is 31.1. The maximum atomic E-state index is 13.5. The molecule has 0 unspecified atom stereocenters. The Morgan fingerprint density at radius 2 is 1.71 bits per heavy atom. The van der Waals surface area contributed by atoms with Gasteiger partial charge in [0.25, 0.3) is 0 Å². The number of methoxy groups -OCH3 is 1. The molecule has 9 nitrogen and oxygen atoms in total. The van der Waals surface area contributed by atoms with Gasteiger partial charge in [-0.2, -0.15) is 17.5 Å². The zero-order valence-corrected chi connectivity index (χ0v) is 22.2. The zero-order valence-electron chi connectivity index (χ0n) is 21.4. The van der Waals surface area contributed by atoms with E-state index in [1.54, 1.807) is 24.1 Å². The largest absolute Gasteiger partial charge is 0.497 e. The predicted molar refractivity (Wildman–Crippen MR) is 134 cm³/mol. The van der Waals surface area contributed by atoms with Crippen LogP contribution in [0.25, 0.3) is 0 Å². The molecule has 0 aromatic heterocycles. The van der Waals surface area contributed by atoms with Crippen LogP contribution in [-0.2, 0) is 26.2 Å². The number of halogens is 3. The second kappa shape index (κ2) is 13.6. The van der Waals surface area contributed by atoms with Gasteiger partial charge >= 0.3 is 12.1 Å². The number of piperazine rings is 1. The average molecular weight is 560 g/mol. The molecule has 0 bridgehead atoms. The third kappa shape index (κ3) is 8.99. The number of nitrogens with one attached hydrogen (secondary N) is 1. The van der Waals surface area contributed by atoms with Crippen molar-refractivity contribution < 1.29 is 41.0 Å². The van der Waals surface area contributed by atoms with Gasteiger partial charge in [-0.3, -0.25) is 4.79 Å². The fraction of sp³-hybridized carbons (Fsp3) is 0.440. The Morgan fingerprint density at radius 3 is 2.26 bits per heavy atom. The summed E-state index contributed by atoms with van der Waals surface area (Å²) in [6.45, 7) is 6.97. The molecule has 2 N–H and O–H groups in total. The van der Waals surface area contributed by atoms with Crippen LogP contribution >= 0.6 is 0 Å². The lowest BCUT2D eigenvalue weighted by Crippen LogP contribution is -2.47. The van der Waals surface area contributed by atoms with Crippen LogP contribution in [-0.4, -0.2) is 80.6 Å². The van der Waals surface area contributed by atoms with Crippen LogP contribution in [0.1, 0.15) is 23.1 Å². The van der Waals surface area contributed by atoms with Gasteiger partial charge in [-0.1, -0.05) is 18.2 Å². The quantitative estimate of drug-likeness (QED) is 0.511. The van der Waals surface area contributed by atoms with Crippen molar-refractivity contribution in [3.05, 3.63) is 59.2 Å². The molecule has 0 radical (unpaired) electrons. The number of alkyl halides is 3. The molecular weight excluding hydrogens is 527 g/mol. The normalized spacial score (nSPS) is 14.0. The predicted octanol–water partition coefficient (Wildman–Crippen LogP) is 2.96. The summed E-state index contributed by atoms with van der Waals surface area (Å²) in [6, 6.07) is 12.5. The van der Waals surface area contributed by atoms with Gasteiger partial charge in [-0.05, 0) is 54.8 Å². The molecule has 2 aromatic carbocycles. The van der Waals surface area contributed by atoms with E-state index in [-0.39, 0.29) is 30.3 Å². The van der Waals surface area contributed by atoms with Gasteiger partial charge in [0.2, 0.25) is 15.9 Å². The molecule has 1 aliphatic rings. The minimum absolute atomic E-state index is 0.0209. The van der Waals surface area contributed by atoms with E-state index < -0.39 is 22.2 Å². The molecule has 13 heteroatoms. The van der Waals surface area contributed by atoms with E-state index in [4.69, 9.17) is 14.6 Å². The Balaban J connectivity index is 0.000000638. The topological polar surface area (TPSA) is 116 Å². The van der Waals surface area contributed by atoms with E-state index in [2.05, 4.69) is 5.32 Å². The number of carboxylic acid groups (broad SMARTS) is 1. The van der Waals surface area contributed by atoms with Gasteiger partial charge in [-0.15, -0.1) is 0 Å². The smallest absolute Gasteiger partial charge is 0.490 e. The van der Waals surface area contributed by atoms with Crippen LogP contribution in [0.5, 0.6) is 5.75 Å². The van der Waals surface area contributed by atoms with Gasteiger partial charge < -0.3 is 20.1 Å². The van der Waals surface area contributed by atoms with Crippen molar-refractivity contribution in [1.29, 1.82) is 0 Å². The number of nitrogens with zero attached hydrogens (tertiary/aromatic N) is 2. The van der Waals surface area contributed by atoms with Gasteiger partial charge in [0, 0.05) is 45.7 Å². The van der Waals surface area contributed by atoms with Crippen LogP contribution in [0.3, 0.4) is 0 Å². The molecular formula is C25H32F3N3O6S. The van der Waals surface area contributed by atoms with Crippen LogP contribution < -0.4 is 10.1 Å². The van der Waals surface area contributed by atoms with Crippen molar-refractivity contribution in [3.8, 4) is 5.75 Å². The number of carbonyl (C=O) groups is 2. The highest BCUT2D eigenvalue weighted by Gasteiger charge is 2.38. The molecule has 0 aliphatic carbocycles. The van der Waals surface area contributed by atoms with Crippen molar-refractivity contribution >= 4 is 21.9 Å². The Bertz CT molecular complexity index is 1220. The number of hydrogen-bond acceptors (Lipinski definition) is 6. The summed E-state index contributed by atoms with van der Waals surface area (Å²) in [5.74, 6) is -2.11. The standard InChI is InChI=1S/C23H31N3O4S.C2HF3O2/c1-18-7-8-22(15-19(18)2)31(28,29)26(17-20-5-4-6-21(16-20)30-3)12-9-23(27)25-13-10-24-11-14-25;3-2(4,5)1(6)7/h4-8,15-16,24H,9-14,17H2,1-3H3;(H,6,7). The van der Waals surface area contributed by atoms with Crippen molar-refractivity contribution in [2.45, 2.75) is 37.9 Å². The minimum atomic E-state index is -5.08. The number of hydrogen-bond donors (Lipinski definition) is 2. The number of carbonyl (C=O) groups excluding carboxylic acids is 1. The van der Waals surface area contributed by atoms with Crippen molar-refractivity contribution in [3.63, 3.8) is 0 Å². The van der Waals surface area contributed by atoms with Crippen LogP contribution in [0, 0.1) is 13.8 Å². The summed E-state index contributed by atoms with van der Waals surface area (Å²) in [4.78, 5) is 23.6. The molecule has 1 heterocycles. The number of benzene rings is 2. The van der Waals surface area contributed by atoms with E-state index in [9.17, 15) is 26.4 Å². The summed E-state index contributed by atoms with van der Waals surface area (Å²) < 4.78 is 65.4. The van der Waals surface area contributed by atoms with Crippen LogP contribution in [0.4, 0.5) is 13.2 Å². The monoisotopic (exact) mass is 559 g/mol. The Morgan fingerprint density at radius 1 is 1.08 bits per heavy atom. The molecule has 1 amide bonds. The number of carboxylic acids is 1. The lowest BCUT2D eigenvalue weighted by molar-refractivity contribution is -0.192. The van der Waals surface area contributed by atoms with Gasteiger partial charge in [-0.25, -0.2) is 13.2 Å². The molecule has 1 saturated heterocycles. The average Bonchev–Trinajstić information content (AvgIpc) is 2.88. The highest BCUT2D eigenvalue weighted by Crippen LogP contribution is 2.23. The summed E-state index contributed by atoms with van der Waals surface area (Å²) in [5.41, 5.74) is 2.76. The highest BCUT2D eigenvalue weighted by molar-refractivity contribution is 7.89. The van der Waals surface area contributed by atoms with Gasteiger partial charge in [0.1, 0.15) is 5.75 Å². The number of aliphatic carboxylic acids is 1. The van der Waals surface area contributed by atoms with Gasteiger partial charge in [0.05, 0.1) is 12.0 Å². The lowest BCUT2D eigenvalue weighted by Gasteiger charge is -2.29. The zero-order chi connectivity index (χ0) is 28.5. The fourth-order valence-electron chi connectivity index (χ4n) is 3.57. The molecule has 0 spiro atoms. The first-order valence-electron chi connectivity index (χ1n) is 11.7. The number of amides is 1. The molecule has 2 aromatic rings. The maximum Gasteiger partial charge on any atom is 0.490 e. The van der Waals surface area contributed by atoms with E-state index in [0.29, 0.717) is 18.8 Å². The molecule has 0 saturated carbocycles. The maximum absolute atomic E-state index is 13.5. The first-order chi connectivity index (χ1) is 17.8. The highest BCUT2D eigenvalue weighted by atomic mass is 32.2. The van der Waals surface area contributed by atoms with Crippen LogP contribution in [0.15, 0.2) is 47.4 Å². The SMILES string of the molecule is COc1cccc(CN(CCC(=O)N2CCNCC2)S(=O)(=O)c2ccc(C)c(C)c2)c1.O=C(O)C(F)(F)F. The number of rotatable bonds is 8. The van der Waals surface area contributed by atoms with E-state index in [1.807, 2.05) is 44.2 Å². The lowest BCUT2D eigenvalue weighted by atomic mass is 10.1. The summed E-state index contributed by atoms with van der Waals surface area (Å²) in [5, 5.41) is 10.3.